The number of carboxylic acids is 1. The van der Waals surface area contributed by atoms with Gasteiger partial charge in [-0.15, -0.1) is 0 Å². The summed E-state index contributed by atoms with van der Waals surface area (Å²) >= 11 is 0. The number of aromatic carboxylic acids is 1. The summed E-state index contributed by atoms with van der Waals surface area (Å²) in [4.78, 5) is 20.8. The number of rotatable bonds is 5. The minimum atomic E-state index is -1.04. The molecule has 1 aliphatic carbocycles. The molecular formula is C11H15N3O2. The normalized spacial score (nSPS) is 14.8. The van der Waals surface area contributed by atoms with E-state index in [1.807, 2.05) is 0 Å². The molecule has 16 heavy (non-hydrogen) atoms. The SMILES string of the molecule is CCN(CC1CC1)c1cnc(C(=O)O)cn1. The summed E-state index contributed by atoms with van der Waals surface area (Å²) in [6.07, 6.45) is 5.43. The second-order valence-electron chi connectivity index (χ2n) is 4.05. The minimum Gasteiger partial charge on any atom is -0.476 e. The van der Waals surface area contributed by atoms with Gasteiger partial charge in [0.05, 0.1) is 12.4 Å². The Kier molecular flexibility index (Phi) is 3.03. The molecular weight excluding hydrogens is 206 g/mol. The van der Waals surface area contributed by atoms with Crippen LogP contribution in [0.4, 0.5) is 5.82 Å². The highest BCUT2D eigenvalue weighted by atomic mass is 16.4. The van der Waals surface area contributed by atoms with Crippen molar-refractivity contribution in [2.75, 3.05) is 18.0 Å². The minimum absolute atomic E-state index is 0.00812. The molecule has 86 valence electrons. The molecule has 0 saturated heterocycles. The monoisotopic (exact) mass is 221 g/mol. The van der Waals surface area contributed by atoms with Crippen LogP contribution in [0.2, 0.25) is 0 Å². The molecule has 0 aromatic carbocycles. The van der Waals surface area contributed by atoms with E-state index in [4.69, 9.17) is 5.11 Å². The molecule has 1 aromatic heterocycles. The third-order valence-electron chi connectivity index (χ3n) is 2.74. The molecule has 1 aliphatic rings. The topological polar surface area (TPSA) is 66.3 Å². The van der Waals surface area contributed by atoms with Crippen LogP contribution in [0.5, 0.6) is 0 Å². The van der Waals surface area contributed by atoms with Crippen molar-refractivity contribution >= 4 is 11.8 Å². The summed E-state index contributed by atoms with van der Waals surface area (Å²) in [5.74, 6) is 0.504. The molecule has 0 radical (unpaired) electrons. The second-order valence-corrected chi connectivity index (χ2v) is 4.05. The first-order valence-electron chi connectivity index (χ1n) is 5.51. The zero-order valence-corrected chi connectivity index (χ0v) is 9.26. The average molecular weight is 221 g/mol. The Balaban J connectivity index is 2.08. The molecule has 1 fully saturated rings. The fourth-order valence-corrected chi connectivity index (χ4v) is 1.59. The first kappa shape index (κ1) is 10.9. The number of carbonyl (C=O) groups is 1. The number of anilines is 1. The predicted molar refractivity (Wildman–Crippen MR) is 59.6 cm³/mol. The molecule has 2 rings (SSSR count). The van der Waals surface area contributed by atoms with E-state index in [-0.39, 0.29) is 5.69 Å². The maximum Gasteiger partial charge on any atom is 0.356 e. The van der Waals surface area contributed by atoms with Crippen LogP contribution in [-0.2, 0) is 0 Å². The predicted octanol–water partition coefficient (Wildman–Crippen LogP) is 1.41. The Morgan fingerprint density at radius 3 is 2.69 bits per heavy atom. The number of aromatic nitrogens is 2. The van der Waals surface area contributed by atoms with E-state index in [9.17, 15) is 4.79 Å². The fraction of sp³-hybridized carbons (Fsp3) is 0.545. The van der Waals surface area contributed by atoms with Gasteiger partial charge in [-0.2, -0.15) is 0 Å². The number of carboxylic acid groups (broad SMARTS) is 1. The van der Waals surface area contributed by atoms with Gasteiger partial charge in [-0.1, -0.05) is 0 Å². The first-order valence-corrected chi connectivity index (χ1v) is 5.51. The van der Waals surface area contributed by atoms with E-state index in [1.165, 1.54) is 25.2 Å². The lowest BCUT2D eigenvalue weighted by molar-refractivity contribution is 0.0690. The number of hydrogen-bond acceptors (Lipinski definition) is 4. The molecule has 0 atom stereocenters. The largest absolute Gasteiger partial charge is 0.476 e. The molecule has 5 heteroatoms. The number of nitrogens with zero attached hydrogens (tertiary/aromatic N) is 3. The van der Waals surface area contributed by atoms with Crippen molar-refractivity contribution in [3.63, 3.8) is 0 Å². The van der Waals surface area contributed by atoms with E-state index in [0.717, 1.165) is 24.8 Å². The van der Waals surface area contributed by atoms with Gasteiger partial charge >= 0.3 is 5.97 Å². The maximum absolute atomic E-state index is 10.6. The van der Waals surface area contributed by atoms with Gasteiger partial charge in [0.25, 0.3) is 0 Å². The highest BCUT2D eigenvalue weighted by molar-refractivity contribution is 5.84. The lowest BCUT2D eigenvalue weighted by atomic mass is 10.3. The van der Waals surface area contributed by atoms with Crippen molar-refractivity contribution in [3.8, 4) is 0 Å². The van der Waals surface area contributed by atoms with Crippen molar-refractivity contribution in [3.05, 3.63) is 18.1 Å². The Bertz CT molecular complexity index is 373. The van der Waals surface area contributed by atoms with Crippen molar-refractivity contribution < 1.29 is 9.90 Å². The van der Waals surface area contributed by atoms with Gasteiger partial charge in [0.15, 0.2) is 5.69 Å². The molecule has 5 nitrogen and oxygen atoms in total. The summed E-state index contributed by atoms with van der Waals surface area (Å²) in [6.45, 7) is 3.93. The quantitative estimate of drug-likeness (QED) is 0.814. The molecule has 1 saturated carbocycles. The molecule has 0 amide bonds. The zero-order valence-electron chi connectivity index (χ0n) is 9.26. The zero-order chi connectivity index (χ0) is 11.5. The average Bonchev–Trinajstić information content (AvgIpc) is 3.10. The van der Waals surface area contributed by atoms with E-state index in [2.05, 4.69) is 21.8 Å². The van der Waals surface area contributed by atoms with Crippen molar-refractivity contribution in [2.45, 2.75) is 19.8 Å². The second kappa shape index (κ2) is 4.47. The van der Waals surface area contributed by atoms with Crippen LogP contribution < -0.4 is 4.90 Å². The van der Waals surface area contributed by atoms with Crippen molar-refractivity contribution in [2.24, 2.45) is 5.92 Å². The molecule has 0 bridgehead atoms. The Labute approximate surface area is 94.1 Å². The van der Waals surface area contributed by atoms with Crippen molar-refractivity contribution in [1.82, 2.24) is 9.97 Å². The molecule has 1 N–H and O–H groups in total. The van der Waals surface area contributed by atoms with Crippen LogP contribution in [0.3, 0.4) is 0 Å². The lowest BCUT2D eigenvalue weighted by Crippen LogP contribution is -2.26. The fourth-order valence-electron chi connectivity index (χ4n) is 1.59. The summed E-state index contributed by atoms with van der Waals surface area (Å²) in [6, 6.07) is 0. The Hall–Kier alpha value is -1.65. The molecule has 1 aromatic rings. The molecule has 0 unspecified atom stereocenters. The summed E-state index contributed by atoms with van der Waals surface area (Å²) in [7, 11) is 0. The van der Waals surface area contributed by atoms with Gasteiger partial charge in [0.1, 0.15) is 5.82 Å². The van der Waals surface area contributed by atoms with E-state index >= 15 is 0 Å². The number of hydrogen-bond donors (Lipinski definition) is 1. The molecule has 0 aliphatic heterocycles. The van der Waals surface area contributed by atoms with Crippen LogP contribution in [0.15, 0.2) is 12.4 Å². The van der Waals surface area contributed by atoms with Crippen LogP contribution >= 0.6 is 0 Å². The van der Waals surface area contributed by atoms with Gasteiger partial charge in [0, 0.05) is 13.1 Å². The third kappa shape index (κ3) is 2.48. The van der Waals surface area contributed by atoms with Crippen molar-refractivity contribution in [1.29, 1.82) is 0 Å². The van der Waals surface area contributed by atoms with Gasteiger partial charge in [-0.05, 0) is 25.7 Å². The van der Waals surface area contributed by atoms with Crippen LogP contribution in [0, 0.1) is 5.92 Å². The Morgan fingerprint density at radius 2 is 2.25 bits per heavy atom. The highest BCUT2D eigenvalue weighted by Crippen LogP contribution is 2.30. The van der Waals surface area contributed by atoms with Gasteiger partial charge in [-0.25, -0.2) is 14.8 Å². The van der Waals surface area contributed by atoms with E-state index in [0.29, 0.717) is 0 Å². The van der Waals surface area contributed by atoms with Gasteiger partial charge in [0.2, 0.25) is 0 Å². The van der Waals surface area contributed by atoms with Gasteiger partial charge < -0.3 is 10.0 Å². The Morgan fingerprint density at radius 1 is 1.50 bits per heavy atom. The van der Waals surface area contributed by atoms with Crippen LogP contribution in [-0.4, -0.2) is 34.1 Å². The first-order chi connectivity index (χ1) is 7.70. The highest BCUT2D eigenvalue weighted by Gasteiger charge is 2.24. The smallest absolute Gasteiger partial charge is 0.356 e. The standard InChI is InChI=1S/C11H15N3O2/c1-2-14(7-8-3-4-8)10-6-12-9(5-13-10)11(15)16/h5-6,8H,2-4,7H2,1H3,(H,15,16). The van der Waals surface area contributed by atoms with Crippen LogP contribution in [0.1, 0.15) is 30.3 Å². The van der Waals surface area contributed by atoms with E-state index < -0.39 is 5.97 Å². The maximum atomic E-state index is 10.6. The lowest BCUT2D eigenvalue weighted by Gasteiger charge is -2.21. The van der Waals surface area contributed by atoms with E-state index in [1.54, 1.807) is 0 Å². The molecule has 0 spiro atoms. The summed E-state index contributed by atoms with van der Waals surface area (Å²) < 4.78 is 0. The summed E-state index contributed by atoms with van der Waals surface area (Å²) in [5, 5.41) is 8.71. The van der Waals surface area contributed by atoms with Crippen LogP contribution in [0.25, 0.3) is 0 Å². The molecule has 1 heterocycles. The summed E-state index contributed by atoms with van der Waals surface area (Å²) in [5.41, 5.74) is -0.00812. The van der Waals surface area contributed by atoms with Gasteiger partial charge in [-0.3, -0.25) is 0 Å². The third-order valence-corrected chi connectivity index (χ3v) is 2.74.